The molecule has 2 rings (SSSR count). The summed E-state index contributed by atoms with van der Waals surface area (Å²) < 4.78 is 0. The molecule has 0 bridgehead atoms. The highest BCUT2D eigenvalue weighted by Gasteiger charge is 2.12. The lowest BCUT2D eigenvalue weighted by Crippen LogP contribution is -2.15. The standard InChI is InChI=1S/C17H16N2O/c1-12-6-5-9-16(13(12)2)19-17(20)15-8-4-3-7-14(15)10-11-18/h3-9H,10H2,1-2H3,(H,19,20). The van der Waals surface area contributed by atoms with Gasteiger partial charge in [-0.15, -0.1) is 0 Å². The Balaban J connectivity index is 2.29. The normalized spacial score (nSPS) is 9.85. The van der Waals surface area contributed by atoms with Gasteiger partial charge in [0.05, 0.1) is 12.5 Å². The van der Waals surface area contributed by atoms with Crippen molar-refractivity contribution in [3.05, 3.63) is 64.7 Å². The Bertz CT molecular complexity index is 684. The van der Waals surface area contributed by atoms with Crippen molar-refractivity contribution in [2.75, 3.05) is 5.32 Å². The highest BCUT2D eigenvalue weighted by Crippen LogP contribution is 2.19. The molecule has 20 heavy (non-hydrogen) atoms. The largest absolute Gasteiger partial charge is 0.322 e. The molecule has 0 aliphatic rings. The van der Waals surface area contributed by atoms with E-state index >= 15 is 0 Å². The lowest BCUT2D eigenvalue weighted by Gasteiger charge is -2.12. The molecule has 3 nitrogen and oxygen atoms in total. The van der Waals surface area contributed by atoms with Gasteiger partial charge in [0.15, 0.2) is 0 Å². The Labute approximate surface area is 118 Å². The molecule has 0 radical (unpaired) electrons. The van der Waals surface area contributed by atoms with Gasteiger partial charge in [-0.3, -0.25) is 4.79 Å². The van der Waals surface area contributed by atoms with Gasteiger partial charge >= 0.3 is 0 Å². The van der Waals surface area contributed by atoms with Crippen LogP contribution in [0.25, 0.3) is 0 Å². The quantitative estimate of drug-likeness (QED) is 0.920. The lowest BCUT2D eigenvalue weighted by molar-refractivity contribution is 0.102. The molecular formula is C17H16N2O. The molecule has 0 saturated heterocycles. The van der Waals surface area contributed by atoms with Crippen LogP contribution >= 0.6 is 0 Å². The van der Waals surface area contributed by atoms with Gasteiger partial charge in [-0.2, -0.15) is 5.26 Å². The first-order valence-electron chi connectivity index (χ1n) is 6.46. The fraction of sp³-hybridized carbons (Fsp3) is 0.176. The van der Waals surface area contributed by atoms with E-state index in [1.807, 2.05) is 38.1 Å². The smallest absolute Gasteiger partial charge is 0.255 e. The Morgan fingerprint density at radius 3 is 2.65 bits per heavy atom. The number of rotatable bonds is 3. The molecule has 0 aromatic heterocycles. The molecule has 0 spiro atoms. The van der Waals surface area contributed by atoms with Gasteiger partial charge in [-0.1, -0.05) is 30.3 Å². The van der Waals surface area contributed by atoms with Crippen molar-refractivity contribution in [1.29, 1.82) is 5.26 Å². The fourth-order valence-corrected chi connectivity index (χ4v) is 2.06. The van der Waals surface area contributed by atoms with Gasteiger partial charge in [-0.05, 0) is 42.7 Å². The first kappa shape index (κ1) is 13.8. The molecule has 3 heteroatoms. The molecule has 1 amide bonds. The number of nitriles is 1. The van der Waals surface area contributed by atoms with Crippen molar-refractivity contribution in [2.45, 2.75) is 20.3 Å². The second-order valence-electron chi connectivity index (χ2n) is 4.69. The van der Waals surface area contributed by atoms with E-state index in [0.717, 1.165) is 22.4 Å². The summed E-state index contributed by atoms with van der Waals surface area (Å²) in [5.74, 6) is -0.176. The first-order valence-corrected chi connectivity index (χ1v) is 6.46. The minimum Gasteiger partial charge on any atom is -0.322 e. The van der Waals surface area contributed by atoms with Crippen LogP contribution in [0.5, 0.6) is 0 Å². The number of benzene rings is 2. The van der Waals surface area contributed by atoms with E-state index in [1.54, 1.807) is 18.2 Å². The molecule has 0 heterocycles. The van der Waals surface area contributed by atoms with Gasteiger partial charge in [0.2, 0.25) is 0 Å². The van der Waals surface area contributed by atoms with Crippen molar-refractivity contribution in [3.8, 4) is 6.07 Å². The number of amides is 1. The number of carbonyl (C=O) groups is 1. The molecule has 0 atom stereocenters. The van der Waals surface area contributed by atoms with Crippen LogP contribution in [0.1, 0.15) is 27.0 Å². The molecule has 1 N–H and O–H groups in total. The maximum Gasteiger partial charge on any atom is 0.255 e. The van der Waals surface area contributed by atoms with E-state index < -0.39 is 0 Å². The second-order valence-corrected chi connectivity index (χ2v) is 4.69. The van der Waals surface area contributed by atoms with Gasteiger partial charge < -0.3 is 5.32 Å². The van der Waals surface area contributed by atoms with Crippen LogP contribution in [0.3, 0.4) is 0 Å². The zero-order chi connectivity index (χ0) is 14.5. The van der Waals surface area contributed by atoms with Gasteiger partial charge in [-0.25, -0.2) is 0 Å². The van der Waals surface area contributed by atoms with Crippen LogP contribution in [0.15, 0.2) is 42.5 Å². The van der Waals surface area contributed by atoms with E-state index in [9.17, 15) is 4.79 Å². The summed E-state index contributed by atoms with van der Waals surface area (Å²) in [6.07, 6.45) is 0.233. The van der Waals surface area contributed by atoms with Crippen LogP contribution in [-0.2, 0) is 6.42 Å². The molecule has 2 aromatic carbocycles. The highest BCUT2D eigenvalue weighted by molar-refractivity contribution is 6.05. The summed E-state index contributed by atoms with van der Waals surface area (Å²) in [5, 5.41) is 11.7. The third-order valence-electron chi connectivity index (χ3n) is 3.38. The number of nitrogens with zero attached hydrogens (tertiary/aromatic N) is 1. The van der Waals surface area contributed by atoms with E-state index in [-0.39, 0.29) is 12.3 Å². The van der Waals surface area contributed by atoms with Gasteiger partial charge in [0.1, 0.15) is 0 Å². The number of carbonyl (C=O) groups excluding carboxylic acids is 1. The molecule has 0 aliphatic carbocycles. The number of anilines is 1. The van der Waals surface area contributed by atoms with Gasteiger partial charge in [0, 0.05) is 11.3 Å². The summed E-state index contributed by atoms with van der Waals surface area (Å²) in [7, 11) is 0. The predicted molar refractivity (Wildman–Crippen MR) is 79.6 cm³/mol. The zero-order valence-electron chi connectivity index (χ0n) is 11.6. The molecule has 0 fully saturated rings. The molecule has 0 unspecified atom stereocenters. The lowest BCUT2D eigenvalue weighted by atomic mass is 10.0. The Hall–Kier alpha value is -2.60. The minimum absolute atomic E-state index is 0.176. The number of nitrogens with one attached hydrogen (secondary N) is 1. The van der Waals surface area contributed by atoms with Crippen LogP contribution in [0.4, 0.5) is 5.69 Å². The topological polar surface area (TPSA) is 52.9 Å². The second kappa shape index (κ2) is 6.03. The first-order chi connectivity index (χ1) is 9.63. The molecule has 2 aromatic rings. The van der Waals surface area contributed by atoms with Crippen LogP contribution < -0.4 is 5.32 Å². The van der Waals surface area contributed by atoms with E-state index in [1.165, 1.54) is 0 Å². The Morgan fingerprint density at radius 1 is 1.15 bits per heavy atom. The monoisotopic (exact) mass is 264 g/mol. The van der Waals surface area contributed by atoms with Crippen LogP contribution in [0.2, 0.25) is 0 Å². The average Bonchev–Trinajstić information content (AvgIpc) is 2.45. The summed E-state index contributed by atoms with van der Waals surface area (Å²) >= 11 is 0. The van der Waals surface area contributed by atoms with E-state index in [0.29, 0.717) is 5.56 Å². The summed E-state index contributed by atoms with van der Waals surface area (Å²) in [6, 6.07) is 15.1. The molecule has 0 aliphatic heterocycles. The zero-order valence-corrected chi connectivity index (χ0v) is 11.6. The Morgan fingerprint density at radius 2 is 1.90 bits per heavy atom. The third kappa shape index (κ3) is 2.86. The van der Waals surface area contributed by atoms with Crippen LogP contribution in [0, 0.1) is 25.2 Å². The highest BCUT2D eigenvalue weighted by atomic mass is 16.1. The third-order valence-corrected chi connectivity index (χ3v) is 3.38. The molecular weight excluding hydrogens is 248 g/mol. The summed E-state index contributed by atoms with van der Waals surface area (Å²) in [4.78, 5) is 12.4. The van der Waals surface area contributed by atoms with Gasteiger partial charge in [0.25, 0.3) is 5.91 Å². The van der Waals surface area contributed by atoms with Crippen LogP contribution in [-0.4, -0.2) is 5.91 Å². The maximum absolute atomic E-state index is 12.4. The van der Waals surface area contributed by atoms with Crippen molar-refractivity contribution in [2.24, 2.45) is 0 Å². The van der Waals surface area contributed by atoms with Crippen molar-refractivity contribution < 1.29 is 4.79 Å². The van der Waals surface area contributed by atoms with E-state index in [4.69, 9.17) is 5.26 Å². The van der Waals surface area contributed by atoms with Crippen molar-refractivity contribution >= 4 is 11.6 Å². The Kier molecular flexibility index (Phi) is 4.17. The predicted octanol–water partition coefficient (Wildman–Crippen LogP) is 3.62. The minimum atomic E-state index is -0.176. The number of hydrogen-bond acceptors (Lipinski definition) is 2. The average molecular weight is 264 g/mol. The molecule has 100 valence electrons. The summed E-state index contributed by atoms with van der Waals surface area (Å²) in [5.41, 5.74) is 4.29. The SMILES string of the molecule is Cc1cccc(NC(=O)c2ccccc2CC#N)c1C. The number of aryl methyl sites for hydroxylation is 1. The number of hydrogen-bond donors (Lipinski definition) is 1. The fourth-order valence-electron chi connectivity index (χ4n) is 2.06. The molecule has 0 saturated carbocycles. The van der Waals surface area contributed by atoms with Crippen molar-refractivity contribution in [1.82, 2.24) is 0 Å². The van der Waals surface area contributed by atoms with Crippen molar-refractivity contribution in [3.63, 3.8) is 0 Å². The maximum atomic E-state index is 12.4. The van der Waals surface area contributed by atoms with E-state index in [2.05, 4.69) is 11.4 Å². The summed E-state index contributed by atoms with van der Waals surface area (Å²) in [6.45, 7) is 3.99.